The molecule has 2 aromatic rings. The standard InChI is InChI=1S/C24H28N6O7/c1-14-25-20(29-37-14)22(34)26-16(6-3-4-8-19(32)36-2)21(33)27-17-7-5-9-30(23(17)35)13-18(31)28-24-10-15(11-24)12-24/h4-5,7-9,15-16H,3,6,10-13H2,1-2H3,(H,26,34)(H,27,33)(H,28,31)/b8-4+/t15?,16-,24?/m0/s1. The summed E-state index contributed by atoms with van der Waals surface area (Å²) in [6, 6.07) is 1.85. The molecule has 3 saturated carbocycles. The molecule has 3 amide bonds. The van der Waals surface area contributed by atoms with Gasteiger partial charge in [-0.15, -0.1) is 0 Å². The minimum atomic E-state index is -1.10. The number of anilines is 1. The van der Waals surface area contributed by atoms with Crippen LogP contribution in [0.2, 0.25) is 0 Å². The van der Waals surface area contributed by atoms with Gasteiger partial charge >= 0.3 is 5.97 Å². The van der Waals surface area contributed by atoms with Crippen LogP contribution >= 0.6 is 0 Å². The van der Waals surface area contributed by atoms with Crippen molar-refractivity contribution in [2.45, 2.75) is 57.2 Å². The zero-order valence-electron chi connectivity index (χ0n) is 20.5. The summed E-state index contributed by atoms with van der Waals surface area (Å²) >= 11 is 0. The quantitative estimate of drug-likeness (QED) is 0.285. The van der Waals surface area contributed by atoms with Crippen LogP contribution < -0.4 is 21.5 Å². The SMILES string of the molecule is COC(=O)/C=C/CC[C@H](NC(=O)c1noc(C)n1)C(=O)Nc1cccn(CC(=O)NC23CC(C2)C3)c1=O. The second kappa shape index (κ2) is 10.8. The molecule has 3 fully saturated rings. The van der Waals surface area contributed by atoms with Crippen molar-refractivity contribution in [1.82, 2.24) is 25.3 Å². The van der Waals surface area contributed by atoms with Crippen LogP contribution in [0.5, 0.6) is 0 Å². The van der Waals surface area contributed by atoms with E-state index in [1.54, 1.807) is 6.07 Å². The Labute approximate surface area is 211 Å². The van der Waals surface area contributed by atoms with Gasteiger partial charge < -0.3 is 29.8 Å². The lowest BCUT2D eigenvalue weighted by atomic mass is 9.50. The summed E-state index contributed by atoms with van der Waals surface area (Å²) in [6.45, 7) is 1.34. The zero-order valence-corrected chi connectivity index (χ0v) is 20.5. The second-order valence-corrected chi connectivity index (χ2v) is 9.32. The van der Waals surface area contributed by atoms with Crippen LogP contribution in [0, 0.1) is 12.8 Å². The van der Waals surface area contributed by atoms with Crippen molar-refractivity contribution in [2.75, 3.05) is 12.4 Å². The third-order valence-electron chi connectivity index (χ3n) is 6.46. The Morgan fingerprint density at radius 3 is 2.68 bits per heavy atom. The van der Waals surface area contributed by atoms with Gasteiger partial charge in [0.05, 0.1) is 7.11 Å². The molecular weight excluding hydrogens is 484 g/mol. The first-order valence-corrected chi connectivity index (χ1v) is 11.8. The monoisotopic (exact) mass is 512 g/mol. The first-order chi connectivity index (χ1) is 17.7. The van der Waals surface area contributed by atoms with Crippen molar-refractivity contribution in [2.24, 2.45) is 5.92 Å². The zero-order chi connectivity index (χ0) is 26.6. The van der Waals surface area contributed by atoms with E-state index in [1.165, 1.54) is 43.0 Å². The highest BCUT2D eigenvalue weighted by atomic mass is 16.5. The Morgan fingerprint density at radius 2 is 2.05 bits per heavy atom. The fourth-order valence-electron chi connectivity index (χ4n) is 4.49. The van der Waals surface area contributed by atoms with E-state index >= 15 is 0 Å². The number of hydrogen-bond donors (Lipinski definition) is 3. The van der Waals surface area contributed by atoms with Crippen molar-refractivity contribution in [3.05, 3.63) is 52.6 Å². The Morgan fingerprint density at radius 1 is 1.30 bits per heavy atom. The molecule has 1 atom stereocenters. The maximum absolute atomic E-state index is 13.1. The minimum absolute atomic E-state index is 0.0504. The van der Waals surface area contributed by atoms with E-state index in [9.17, 15) is 24.0 Å². The Hall–Kier alpha value is -4.29. The number of hydrogen-bond acceptors (Lipinski definition) is 9. The van der Waals surface area contributed by atoms with Crippen LogP contribution in [-0.4, -0.2) is 57.1 Å². The number of aryl methyl sites for hydroxylation is 1. The first-order valence-electron chi connectivity index (χ1n) is 11.8. The number of methoxy groups -OCH3 is 1. The summed E-state index contributed by atoms with van der Waals surface area (Å²) in [6.07, 6.45) is 7.44. The van der Waals surface area contributed by atoms with Gasteiger partial charge in [-0.2, -0.15) is 4.98 Å². The number of rotatable bonds is 11. The molecule has 2 heterocycles. The van der Waals surface area contributed by atoms with E-state index in [-0.39, 0.29) is 48.2 Å². The van der Waals surface area contributed by atoms with Gasteiger partial charge in [0.25, 0.3) is 17.3 Å². The average Bonchev–Trinajstić information content (AvgIpc) is 3.26. The summed E-state index contributed by atoms with van der Waals surface area (Å²) in [5.41, 5.74) is -0.721. The molecule has 3 aliphatic carbocycles. The topological polar surface area (TPSA) is 175 Å². The number of allylic oxidation sites excluding steroid dienone is 1. The van der Waals surface area contributed by atoms with E-state index < -0.39 is 29.4 Å². The molecule has 0 saturated heterocycles. The van der Waals surface area contributed by atoms with Crippen molar-refractivity contribution in [3.8, 4) is 0 Å². The highest BCUT2D eigenvalue weighted by Gasteiger charge is 2.57. The van der Waals surface area contributed by atoms with E-state index in [0.29, 0.717) is 5.92 Å². The van der Waals surface area contributed by atoms with E-state index in [1.807, 2.05) is 0 Å². The summed E-state index contributed by atoms with van der Waals surface area (Å²) in [5.74, 6) is -1.61. The molecule has 5 rings (SSSR count). The average molecular weight is 513 g/mol. The maximum atomic E-state index is 13.1. The highest BCUT2D eigenvalue weighted by molar-refractivity contribution is 5.99. The van der Waals surface area contributed by atoms with Gasteiger partial charge in [0.15, 0.2) is 0 Å². The Balaban J connectivity index is 1.42. The molecule has 0 spiro atoms. The number of carbonyl (C=O) groups excluding carboxylic acids is 4. The largest absolute Gasteiger partial charge is 0.466 e. The number of nitrogens with one attached hydrogen (secondary N) is 3. The second-order valence-electron chi connectivity index (χ2n) is 9.32. The summed E-state index contributed by atoms with van der Waals surface area (Å²) < 4.78 is 10.5. The number of carbonyl (C=O) groups is 4. The van der Waals surface area contributed by atoms with Crippen LogP contribution in [0.3, 0.4) is 0 Å². The van der Waals surface area contributed by atoms with Gasteiger partial charge in [0.1, 0.15) is 18.3 Å². The smallest absolute Gasteiger partial charge is 0.330 e. The van der Waals surface area contributed by atoms with Crippen molar-refractivity contribution in [1.29, 1.82) is 0 Å². The molecule has 0 unspecified atom stereocenters. The molecule has 196 valence electrons. The Kier molecular flexibility index (Phi) is 7.50. The summed E-state index contributed by atoms with van der Waals surface area (Å²) in [7, 11) is 1.24. The number of esters is 1. The number of ether oxygens (including phenoxy) is 1. The molecule has 0 radical (unpaired) electrons. The number of aromatic nitrogens is 3. The van der Waals surface area contributed by atoms with Crippen molar-refractivity contribution >= 4 is 29.4 Å². The lowest BCUT2D eigenvalue weighted by Gasteiger charge is -2.61. The molecule has 3 aliphatic rings. The van der Waals surface area contributed by atoms with Crippen molar-refractivity contribution < 1.29 is 28.4 Å². The number of nitrogens with zero attached hydrogens (tertiary/aromatic N) is 3. The van der Waals surface area contributed by atoms with Crippen LogP contribution in [0.4, 0.5) is 5.69 Å². The van der Waals surface area contributed by atoms with Crippen LogP contribution in [0.1, 0.15) is 48.6 Å². The summed E-state index contributed by atoms with van der Waals surface area (Å²) in [5, 5.41) is 11.6. The van der Waals surface area contributed by atoms with E-state index in [2.05, 4.69) is 30.8 Å². The van der Waals surface area contributed by atoms with Crippen molar-refractivity contribution in [3.63, 3.8) is 0 Å². The predicted molar refractivity (Wildman–Crippen MR) is 128 cm³/mol. The van der Waals surface area contributed by atoms with Gasteiger partial charge in [-0.1, -0.05) is 11.2 Å². The molecule has 13 nitrogen and oxygen atoms in total. The lowest BCUT2D eigenvalue weighted by Crippen LogP contribution is -2.68. The van der Waals surface area contributed by atoms with Gasteiger partial charge in [0, 0.05) is 24.7 Å². The lowest BCUT2D eigenvalue weighted by molar-refractivity contribution is -0.135. The maximum Gasteiger partial charge on any atom is 0.330 e. The third kappa shape index (κ3) is 6.11. The Bertz CT molecular complexity index is 1280. The minimum Gasteiger partial charge on any atom is -0.466 e. The van der Waals surface area contributed by atoms with Gasteiger partial charge in [0.2, 0.25) is 17.7 Å². The first kappa shape index (κ1) is 25.8. The van der Waals surface area contributed by atoms with Crippen LogP contribution in [-0.2, 0) is 25.7 Å². The normalized spacial score (nSPS) is 20.3. The fourth-order valence-corrected chi connectivity index (χ4v) is 4.49. The van der Waals surface area contributed by atoms with E-state index in [4.69, 9.17) is 4.52 Å². The molecule has 37 heavy (non-hydrogen) atoms. The third-order valence-corrected chi connectivity index (χ3v) is 6.46. The van der Waals surface area contributed by atoms with E-state index in [0.717, 1.165) is 19.3 Å². The molecule has 0 aromatic carbocycles. The van der Waals surface area contributed by atoms with Gasteiger partial charge in [-0.05, 0) is 50.2 Å². The molecule has 0 aliphatic heterocycles. The summed E-state index contributed by atoms with van der Waals surface area (Å²) in [4.78, 5) is 66.1. The highest BCUT2D eigenvalue weighted by Crippen LogP contribution is 2.56. The fraction of sp³-hybridized carbons (Fsp3) is 0.458. The predicted octanol–water partition coefficient (Wildman–Crippen LogP) is 0.455. The van der Waals surface area contributed by atoms with Gasteiger partial charge in [-0.25, -0.2) is 4.79 Å². The van der Waals surface area contributed by atoms with Crippen LogP contribution in [0.15, 0.2) is 39.8 Å². The molecule has 3 N–H and O–H groups in total. The molecule has 2 bridgehead atoms. The number of pyridine rings is 1. The molecular formula is C24H28N6O7. The van der Waals surface area contributed by atoms with Crippen LogP contribution in [0.25, 0.3) is 0 Å². The molecule has 13 heteroatoms. The number of amides is 3. The van der Waals surface area contributed by atoms with Gasteiger partial charge in [-0.3, -0.25) is 19.2 Å². The molecule has 2 aromatic heterocycles.